The minimum atomic E-state index is -0.212. The van der Waals surface area contributed by atoms with Crippen molar-refractivity contribution < 1.29 is 9.53 Å². The molecule has 3 aromatic rings. The molecule has 35 heavy (non-hydrogen) atoms. The van der Waals surface area contributed by atoms with E-state index >= 15 is 0 Å². The fourth-order valence-corrected chi connectivity index (χ4v) is 4.35. The second kappa shape index (κ2) is 11.7. The predicted octanol–water partition coefficient (Wildman–Crippen LogP) is 5.24. The van der Waals surface area contributed by atoms with E-state index in [9.17, 15) is 4.79 Å². The number of rotatable bonds is 9. The summed E-state index contributed by atoms with van der Waals surface area (Å²) in [4.78, 5) is 17.1. The van der Waals surface area contributed by atoms with Crippen LogP contribution in [0.15, 0.2) is 60.7 Å². The SMILES string of the molecule is CCN(CC)c1cccc(OCC(=O)Nc2cccc(-c3ccc(N4CCC(C)CC4)nn3)c2)c1. The molecule has 0 spiro atoms. The van der Waals surface area contributed by atoms with Gasteiger partial charge in [-0.05, 0) is 69.0 Å². The summed E-state index contributed by atoms with van der Waals surface area (Å²) in [6.45, 7) is 10.4. The van der Waals surface area contributed by atoms with Crippen LogP contribution in [0.5, 0.6) is 5.75 Å². The van der Waals surface area contributed by atoms with Crippen LogP contribution in [0.3, 0.4) is 0 Å². The number of anilines is 3. The Morgan fingerprint density at radius 3 is 2.51 bits per heavy atom. The van der Waals surface area contributed by atoms with Crippen molar-refractivity contribution >= 4 is 23.1 Å². The van der Waals surface area contributed by atoms with Crippen LogP contribution in [0.25, 0.3) is 11.3 Å². The van der Waals surface area contributed by atoms with Crippen molar-refractivity contribution in [1.82, 2.24) is 10.2 Å². The summed E-state index contributed by atoms with van der Waals surface area (Å²) in [7, 11) is 0. The Morgan fingerprint density at radius 2 is 1.80 bits per heavy atom. The number of aromatic nitrogens is 2. The Bertz CT molecular complexity index is 1110. The van der Waals surface area contributed by atoms with Crippen LogP contribution in [-0.2, 0) is 4.79 Å². The van der Waals surface area contributed by atoms with Crippen molar-refractivity contribution in [2.45, 2.75) is 33.6 Å². The first-order valence-corrected chi connectivity index (χ1v) is 12.5. The van der Waals surface area contributed by atoms with Crippen LogP contribution in [-0.4, -0.2) is 48.9 Å². The zero-order valence-electron chi connectivity index (χ0n) is 20.9. The van der Waals surface area contributed by atoms with Crippen LogP contribution in [0.2, 0.25) is 0 Å². The van der Waals surface area contributed by atoms with Crippen LogP contribution in [0.4, 0.5) is 17.2 Å². The van der Waals surface area contributed by atoms with Gasteiger partial charge in [-0.25, -0.2) is 0 Å². The number of nitrogens with zero attached hydrogens (tertiary/aromatic N) is 4. The highest BCUT2D eigenvalue weighted by atomic mass is 16.5. The molecule has 1 amide bonds. The molecule has 1 aromatic heterocycles. The summed E-state index contributed by atoms with van der Waals surface area (Å²) in [6, 6.07) is 19.5. The van der Waals surface area contributed by atoms with Crippen LogP contribution >= 0.6 is 0 Å². The molecule has 1 aliphatic rings. The maximum atomic E-state index is 12.5. The molecular formula is C28H35N5O2. The Labute approximate surface area is 208 Å². The molecule has 184 valence electrons. The van der Waals surface area contributed by atoms with E-state index < -0.39 is 0 Å². The Hall–Kier alpha value is -3.61. The summed E-state index contributed by atoms with van der Waals surface area (Å²) >= 11 is 0. The average molecular weight is 474 g/mol. The lowest BCUT2D eigenvalue weighted by atomic mass is 9.99. The molecule has 2 aromatic carbocycles. The number of ether oxygens (including phenoxy) is 1. The summed E-state index contributed by atoms with van der Waals surface area (Å²) in [5, 5.41) is 11.8. The van der Waals surface area contributed by atoms with Crippen LogP contribution in [0, 0.1) is 5.92 Å². The van der Waals surface area contributed by atoms with Crippen molar-refractivity contribution in [3.8, 4) is 17.0 Å². The minimum absolute atomic E-state index is 0.0606. The lowest BCUT2D eigenvalue weighted by Crippen LogP contribution is -2.33. The molecule has 0 saturated carbocycles. The topological polar surface area (TPSA) is 70.6 Å². The number of hydrogen-bond acceptors (Lipinski definition) is 6. The zero-order chi connectivity index (χ0) is 24.6. The van der Waals surface area contributed by atoms with E-state index in [1.54, 1.807) is 0 Å². The van der Waals surface area contributed by atoms with Crippen molar-refractivity contribution in [3.63, 3.8) is 0 Å². The number of carbonyl (C=O) groups excluding carboxylic acids is 1. The second-order valence-electron chi connectivity index (χ2n) is 9.03. The normalized spacial score (nSPS) is 14.0. The minimum Gasteiger partial charge on any atom is -0.484 e. The molecule has 2 heterocycles. The first kappa shape index (κ1) is 24.5. The molecule has 0 bridgehead atoms. The number of benzene rings is 2. The molecule has 1 fully saturated rings. The van der Waals surface area contributed by atoms with Gasteiger partial charge < -0.3 is 19.9 Å². The highest BCUT2D eigenvalue weighted by Crippen LogP contribution is 2.25. The van der Waals surface area contributed by atoms with Gasteiger partial charge >= 0.3 is 0 Å². The zero-order valence-corrected chi connectivity index (χ0v) is 20.9. The molecule has 0 unspecified atom stereocenters. The Balaban J connectivity index is 1.34. The Morgan fingerprint density at radius 1 is 1.03 bits per heavy atom. The van der Waals surface area contributed by atoms with Crippen molar-refractivity contribution in [2.24, 2.45) is 5.92 Å². The summed E-state index contributed by atoms with van der Waals surface area (Å²) in [6.07, 6.45) is 2.38. The van der Waals surface area contributed by atoms with E-state index in [1.165, 1.54) is 12.8 Å². The van der Waals surface area contributed by atoms with Crippen molar-refractivity contribution in [1.29, 1.82) is 0 Å². The van der Waals surface area contributed by atoms with Gasteiger partial charge in [-0.2, -0.15) is 0 Å². The van der Waals surface area contributed by atoms with E-state index in [4.69, 9.17) is 4.74 Å². The molecule has 1 N–H and O–H groups in total. The molecule has 7 heteroatoms. The number of nitrogens with one attached hydrogen (secondary N) is 1. The van der Waals surface area contributed by atoms with Gasteiger partial charge in [-0.15, -0.1) is 10.2 Å². The molecule has 0 aliphatic carbocycles. The number of piperidine rings is 1. The molecule has 0 atom stereocenters. The first-order chi connectivity index (χ1) is 17.1. The monoisotopic (exact) mass is 473 g/mol. The molecule has 1 aliphatic heterocycles. The number of carbonyl (C=O) groups is 1. The highest BCUT2D eigenvalue weighted by Gasteiger charge is 2.17. The van der Waals surface area contributed by atoms with Gasteiger partial charge in [0.05, 0.1) is 5.69 Å². The van der Waals surface area contributed by atoms with E-state index in [0.717, 1.165) is 54.9 Å². The molecule has 0 radical (unpaired) electrons. The first-order valence-electron chi connectivity index (χ1n) is 12.5. The molecule has 7 nitrogen and oxygen atoms in total. The van der Waals surface area contributed by atoms with Crippen molar-refractivity contribution in [2.75, 3.05) is 47.9 Å². The van der Waals surface area contributed by atoms with E-state index in [1.807, 2.05) is 60.7 Å². The predicted molar refractivity (Wildman–Crippen MR) is 142 cm³/mol. The van der Waals surface area contributed by atoms with E-state index in [-0.39, 0.29) is 12.5 Å². The van der Waals surface area contributed by atoms with Gasteiger partial charge in [0, 0.05) is 49.2 Å². The molecule has 4 rings (SSSR count). The fraction of sp³-hybridized carbons (Fsp3) is 0.393. The quantitative estimate of drug-likeness (QED) is 0.458. The second-order valence-corrected chi connectivity index (χ2v) is 9.03. The maximum absolute atomic E-state index is 12.5. The van der Waals surface area contributed by atoms with E-state index in [2.05, 4.69) is 46.1 Å². The van der Waals surface area contributed by atoms with Gasteiger partial charge in [-0.3, -0.25) is 4.79 Å². The number of amides is 1. The Kier molecular flexibility index (Phi) is 8.19. The van der Waals surface area contributed by atoms with Gasteiger partial charge in [0.2, 0.25) is 0 Å². The fourth-order valence-electron chi connectivity index (χ4n) is 4.35. The van der Waals surface area contributed by atoms with Crippen molar-refractivity contribution in [3.05, 3.63) is 60.7 Å². The van der Waals surface area contributed by atoms with Crippen LogP contribution in [0.1, 0.15) is 33.6 Å². The number of hydrogen-bond donors (Lipinski definition) is 1. The van der Waals surface area contributed by atoms with Gasteiger partial charge in [0.25, 0.3) is 5.91 Å². The smallest absolute Gasteiger partial charge is 0.262 e. The van der Waals surface area contributed by atoms with Gasteiger partial charge in [0.15, 0.2) is 12.4 Å². The lowest BCUT2D eigenvalue weighted by Gasteiger charge is -2.30. The maximum Gasteiger partial charge on any atom is 0.262 e. The van der Waals surface area contributed by atoms with Crippen LogP contribution < -0.4 is 19.9 Å². The molecule has 1 saturated heterocycles. The average Bonchev–Trinajstić information content (AvgIpc) is 2.89. The van der Waals surface area contributed by atoms with E-state index in [0.29, 0.717) is 11.4 Å². The van der Waals surface area contributed by atoms with Gasteiger partial charge in [0.1, 0.15) is 5.75 Å². The standard InChI is InChI=1S/C28H35N5O2/c1-4-32(5-2)24-10-7-11-25(19-24)35-20-28(34)29-23-9-6-8-22(18-23)26-12-13-27(31-30-26)33-16-14-21(3)15-17-33/h6-13,18-19,21H,4-5,14-17,20H2,1-3H3,(H,29,34). The van der Waals surface area contributed by atoms with Gasteiger partial charge in [-0.1, -0.05) is 25.1 Å². The third-order valence-corrected chi connectivity index (χ3v) is 6.52. The lowest BCUT2D eigenvalue weighted by molar-refractivity contribution is -0.118. The highest BCUT2D eigenvalue weighted by molar-refractivity contribution is 5.92. The largest absolute Gasteiger partial charge is 0.484 e. The summed E-state index contributed by atoms with van der Waals surface area (Å²) in [5.41, 5.74) is 3.47. The summed E-state index contributed by atoms with van der Waals surface area (Å²) < 4.78 is 5.75. The third kappa shape index (κ3) is 6.50. The molecular weight excluding hydrogens is 438 g/mol. The summed E-state index contributed by atoms with van der Waals surface area (Å²) in [5.74, 6) is 2.17. The third-order valence-electron chi connectivity index (χ3n) is 6.52.